The van der Waals surface area contributed by atoms with Crippen LogP contribution in [0.2, 0.25) is 0 Å². The summed E-state index contributed by atoms with van der Waals surface area (Å²) >= 11 is 0. The van der Waals surface area contributed by atoms with Crippen LogP contribution in [0.3, 0.4) is 0 Å². The quantitative estimate of drug-likeness (QED) is 0.556. The maximum atomic E-state index is 13.1. The molecule has 0 spiro atoms. The van der Waals surface area contributed by atoms with Gasteiger partial charge in [0.1, 0.15) is 0 Å². The van der Waals surface area contributed by atoms with E-state index < -0.39 is 10.0 Å². The van der Waals surface area contributed by atoms with E-state index in [0.717, 1.165) is 49.8 Å². The monoisotopic (exact) mass is 470 g/mol. The molecule has 2 fully saturated rings. The molecule has 0 N–H and O–H groups in total. The summed E-state index contributed by atoms with van der Waals surface area (Å²) in [6.07, 6.45) is 6.05. The molecule has 2 heterocycles. The maximum Gasteiger partial charge on any atom is 0.243 e. The molecule has 0 aromatic heterocycles. The molecule has 33 heavy (non-hydrogen) atoms. The summed E-state index contributed by atoms with van der Waals surface area (Å²) < 4.78 is 33.1. The number of hydrogen-bond donors (Lipinski definition) is 0. The van der Waals surface area contributed by atoms with Crippen molar-refractivity contribution in [2.75, 3.05) is 26.2 Å². The smallest absolute Gasteiger partial charge is 0.243 e. The number of sulfonamides is 1. The van der Waals surface area contributed by atoms with Gasteiger partial charge in [-0.05, 0) is 55.4 Å². The summed E-state index contributed by atoms with van der Waals surface area (Å²) in [7, 11) is -3.43. The van der Waals surface area contributed by atoms with Gasteiger partial charge in [-0.3, -0.25) is 4.79 Å². The molecule has 6 nitrogen and oxygen atoms in total. The Kier molecular flexibility index (Phi) is 8.17. The van der Waals surface area contributed by atoms with Crippen LogP contribution in [0.25, 0.3) is 0 Å². The molecule has 0 saturated carbocycles. The molecule has 2 saturated heterocycles. The first-order chi connectivity index (χ1) is 16.0. The lowest BCUT2D eigenvalue weighted by atomic mass is 10.1. The van der Waals surface area contributed by atoms with Crippen LogP contribution < -0.4 is 0 Å². The molecule has 1 amide bonds. The van der Waals surface area contributed by atoms with Crippen molar-refractivity contribution in [2.24, 2.45) is 0 Å². The van der Waals surface area contributed by atoms with Crippen LogP contribution in [-0.2, 0) is 32.5 Å². The first-order valence-electron chi connectivity index (χ1n) is 12.0. The van der Waals surface area contributed by atoms with E-state index in [1.165, 1.54) is 0 Å². The fraction of sp³-hybridized carbons (Fsp3) is 0.500. The van der Waals surface area contributed by atoms with E-state index >= 15 is 0 Å². The van der Waals surface area contributed by atoms with Crippen LogP contribution in [0, 0.1) is 0 Å². The van der Waals surface area contributed by atoms with Gasteiger partial charge in [0.2, 0.25) is 15.9 Å². The molecule has 2 aromatic rings. The van der Waals surface area contributed by atoms with Gasteiger partial charge in [-0.15, -0.1) is 0 Å². The Labute approximate surface area is 197 Å². The number of piperidine rings is 1. The van der Waals surface area contributed by atoms with Crippen LogP contribution in [-0.4, -0.2) is 55.9 Å². The average Bonchev–Trinajstić information content (AvgIpc) is 3.37. The number of nitrogens with zero attached hydrogens (tertiary/aromatic N) is 2. The molecule has 178 valence electrons. The van der Waals surface area contributed by atoms with E-state index in [-0.39, 0.29) is 12.0 Å². The summed E-state index contributed by atoms with van der Waals surface area (Å²) in [6, 6.07) is 17.1. The highest BCUT2D eigenvalue weighted by Crippen LogP contribution is 2.22. The van der Waals surface area contributed by atoms with Gasteiger partial charge >= 0.3 is 0 Å². The summed E-state index contributed by atoms with van der Waals surface area (Å²) in [5.41, 5.74) is 2.08. The van der Waals surface area contributed by atoms with E-state index in [2.05, 4.69) is 0 Å². The molecule has 7 heteroatoms. The molecule has 1 atom stereocenters. The van der Waals surface area contributed by atoms with Crippen molar-refractivity contribution in [1.29, 1.82) is 0 Å². The fourth-order valence-corrected chi connectivity index (χ4v) is 6.10. The molecule has 1 unspecified atom stereocenters. The molecule has 2 aromatic carbocycles. The zero-order chi connectivity index (χ0) is 23.1. The highest BCUT2D eigenvalue weighted by Gasteiger charge is 2.26. The van der Waals surface area contributed by atoms with Crippen LogP contribution in [0.4, 0.5) is 0 Å². The molecule has 2 aliphatic heterocycles. The topological polar surface area (TPSA) is 66.9 Å². The van der Waals surface area contributed by atoms with Gasteiger partial charge < -0.3 is 9.64 Å². The second kappa shape index (κ2) is 11.3. The minimum absolute atomic E-state index is 0.0966. The summed E-state index contributed by atoms with van der Waals surface area (Å²) in [5, 5.41) is 0. The molecular weight excluding hydrogens is 436 g/mol. The van der Waals surface area contributed by atoms with Gasteiger partial charge in [-0.2, -0.15) is 4.31 Å². The molecular formula is C26H34N2O4S. The number of carbonyl (C=O) groups excluding carboxylic acids is 1. The van der Waals surface area contributed by atoms with Crippen LogP contribution in [0.5, 0.6) is 0 Å². The normalized spacial score (nSPS) is 19.5. The zero-order valence-electron chi connectivity index (χ0n) is 19.2. The Morgan fingerprint density at radius 2 is 1.67 bits per heavy atom. The maximum absolute atomic E-state index is 13.1. The van der Waals surface area contributed by atoms with Gasteiger partial charge in [-0.25, -0.2) is 8.42 Å². The average molecular weight is 471 g/mol. The summed E-state index contributed by atoms with van der Waals surface area (Å²) in [5.74, 6) is 0.0966. The molecule has 0 aliphatic carbocycles. The largest absolute Gasteiger partial charge is 0.376 e. The third-order valence-corrected chi connectivity index (χ3v) is 8.43. The predicted octanol–water partition coefficient (Wildman–Crippen LogP) is 4.00. The van der Waals surface area contributed by atoms with Crippen molar-refractivity contribution in [3.8, 4) is 0 Å². The summed E-state index contributed by atoms with van der Waals surface area (Å²) in [4.78, 5) is 15.3. The standard InChI is InChI=1S/C26H34N2O4S/c29-26(27(21-24-10-7-19-32-24)20-23-8-3-1-4-9-23)16-13-22-11-14-25(15-12-22)33(30,31)28-17-5-2-6-18-28/h1,3-4,8-9,11-12,14-15,24H,2,5-7,10,13,16-21H2. The fourth-order valence-electron chi connectivity index (χ4n) is 4.58. The number of ether oxygens (including phenoxy) is 1. The number of rotatable bonds is 9. The Hall–Kier alpha value is -2.22. The molecule has 0 radical (unpaired) electrons. The molecule has 2 aliphatic rings. The third kappa shape index (κ3) is 6.43. The minimum Gasteiger partial charge on any atom is -0.376 e. The van der Waals surface area contributed by atoms with E-state index in [0.29, 0.717) is 43.9 Å². The molecule has 0 bridgehead atoms. The van der Waals surface area contributed by atoms with E-state index in [9.17, 15) is 13.2 Å². The number of aryl methyl sites for hydroxylation is 1. The van der Waals surface area contributed by atoms with Gasteiger partial charge in [-0.1, -0.05) is 48.9 Å². The Morgan fingerprint density at radius 3 is 2.33 bits per heavy atom. The first kappa shape index (κ1) is 23.9. The summed E-state index contributed by atoms with van der Waals surface area (Å²) in [6.45, 7) is 3.15. The van der Waals surface area contributed by atoms with E-state index in [1.807, 2.05) is 47.4 Å². The van der Waals surface area contributed by atoms with Gasteiger partial charge in [0, 0.05) is 39.2 Å². The lowest BCUT2D eigenvalue weighted by Crippen LogP contribution is -2.37. The van der Waals surface area contributed by atoms with Crippen LogP contribution in [0.1, 0.15) is 49.7 Å². The van der Waals surface area contributed by atoms with Crippen LogP contribution >= 0.6 is 0 Å². The van der Waals surface area contributed by atoms with Crippen molar-refractivity contribution < 1.29 is 17.9 Å². The lowest BCUT2D eigenvalue weighted by Gasteiger charge is -2.26. The van der Waals surface area contributed by atoms with Crippen molar-refractivity contribution in [3.63, 3.8) is 0 Å². The van der Waals surface area contributed by atoms with Gasteiger partial charge in [0.25, 0.3) is 0 Å². The Morgan fingerprint density at radius 1 is 0.939 bits per heavy atom. The predicted molar refractivity (Wildman–Crippen MR) is 128 cm³/mol. The number of amides is 1. The number of benzene rings is 2. The van der Waals surface area contributed by atoms with Crippen molar-refractivity contribution in [2.45, 2.75) is 62.5 Å². The number of hydrogen-bond acceptors (Lipinski definition) is 4. The van der Waals surface area contributed by atoms with Crippen molar-refractivity contribution in [3.05, 3.63) is 65.7 Å². The van der Waals surface area contributed by atoms with Gasteiger partial charge in [0.05, 0.1) is 11.0 Å². The highest BCUT2D eigenvalue weighted by atomic mass is 32.2. The zero-order valence-corrected chi connectivity index (χ0v) is 20.0. The van der Waals surface area contributed by atoms with E-state index in [1.54, 1.807) is 16.4 Å². The van der Waals surface area contributed by atoms with Gasteiger partial charge in [0.15, 0.2) is 0 Å². The van der Waals surface area contributed by atoms with Crippen molar-refractivity contribution in [1.82, 2.24) is 9.21 Å². The highest BCUT2D eigenvalue weighted by molar-refractivity contribution is 7.89. The first-order valence-corrected chi connectivity index (χ1v) is 13.5. The number of carbonyl (C=O) groups is 1. The minimum atomic E-state index is -3.43. The van der Waals surface area contributed by atoms with Crippen LogP contribution in [0.15, 0.2) is 59.5 Å². The Balaban J connectivity index is 1.37. The molecule has 4 rings (SSSR count). The SMILES string of the molecule is O=C(CCc1ccc(S(=O)(=O)N2CCCCC2)cc1)N(Cc1ccccc1)CC1CCCO1. The third-order valence-electron chi connectivity index (χ3n) is 6.52. The second-order valence-electron chi connectivity index (χ2n) is 9.00. The Bertz CT molecular complexity index is 996. The lowest BCUT2D eigenvalue weighted by molar-refractivity contribution is -0.133. The second-order valence-corrected chi connectivity index (χ2v) is 10.9. The van der Waals surface area contributed by atoms with Crippen molar-refractivity contribution >= 4 is 15.9 Å². The van der Waals surface area contributed by atoms with E-state index in [4.69, 9.17) is 4.74 Å².